The number of benzene rings is 1. The monoisotopic (exact) mass is 363 g/mol. The van der Waals surface area contributed by atoms with Crippen LogP contribution in [-0.2, 0) is 11.3 Å². The Hall–Kier alpha value is -3.07. The topological polar surface area (TPSA) is 108 Å². The van der Waals surface area contributed by atoms with Gasteiger partial charge in [-0.05, 0) is 48.1 Å². The Bertz CT molecular complexity index is 788. The molecule has 0 atom stereocenters. The zero-order valence-electron chi connectivity index (χ0n) is 13.6. The molecule has 0 radical (unpaired) electrons. The van der Waals surface area contributed by atoms with E-state index in [0.717, 1.165) is 5.56 Å². The summed E-state index contributed by atoms with van der Waals surface area (Å²) < 4.78 is 20.9. The molecule has 8 nitrogen and oxygen atoms in total. The summed E-state index contributed by atoms with van der Waals surface area (Å²) >= 11 is 4.66. The second-order valence-corrected chi connectivity index (χ2v) is 5.13. The molecule has 0 fully saturated rings. The molecule has 0 amide bonds. The number of esters is 1. The Kier molecular flexibility index (Phi) is 6.35. The molecule has 2 aromatic rings. The second-order valence-electron chi connectivity index (χ2n) is 4.69. The number of thiocarbonyl (C=S) groups is 1. The number of ether oxygens (including phenoxy) is 3. The van der Waals surface area contributed by atoms with E-state index in [-0.39, 0.29) is 17.5 Å². The third-order valence-electron chi connectivity index (χ3n) is 2.99. The first-order valence-corrected chi connectivity index (χ1v) is 7.50. The molecule has 0 bridgehead atoms. The van der Waals surface area contributed by atoms with Crippen LogP contribution in [-0.4, -0.2) is 31.5 Å². The summed E-state index contributed by atoms with van der Waals surface area (Å²) in [5.74, 6) is 1.08. The van der Waals surface area contributed by atoms with E-state index in [1.54, 1.807) is 30.5 Å². The number of hydrogen-bond acceptors (Lipinski definition) is 7. The molecule has 3 N–H and O–H groups in total. The zero-order chi connectivity index (χ0) is 18.2. The molecule has 0 saturated carbocycles. The molecule has 1 aromatic carbocycles. The molecule has 0 spiro atoms. The fraction of sp³-hybridized carbons (Fsp3) is 0.188. The highest BCUT2D eigenvalue weighted by atomic mass is 32.1. The van der Waals surface area contributed by atoms with Gasteiger partial charge in [0.1, 0.15) is 12.4 Å². The van der Waals surface area contributed by atoms with Crippen LogP contribution in [0.1, 0.15) is 21.9 Å². The van der Waals surface area contributed by atoms with Gasteiger partial charge in [0.15, 0.2) is 16.6 Å². The van der Waals surface area contributed by atoms with Gasteiger partial charge in [0.25, 0.3) is 0 Å². The van der Waals surface area contributed by atoms with Crippen molar-refractivity contribution in [1.82, 2.24) is 5.43 Å². The molecule has 0 unspecified atom stereocenters. The Labute approximate surface area is 149 Å². The zero-order valence-corrected chi connectivity index (χ0v) is 14.5. The maximum absolute atomic E-state index is 11.4. The second kappa shape index (κ2) is 8.69. The van der Waals surface area contributed by atoms with Gasteiger partial charge < -0.3 is 24.4 Å². The molecule has 9 heteroatoms. The van der Waals surface area contributed by atoms with Crippen molar-refractivity contribution in [2.75, 3.05) is 14.2 Å². The summed E-state index contributed by atoms with van der Waals surface area (Å²) in [6, 6.07) is 8.41. The first kappa shape index (κ1) is 18.3. The summed E-state index contributed by atoms with van der Waals surface area (Å²) in [4.78, 5) is 11.4. The minimum atomic E-state index is -0.543. The van der Waals surface area contributed by atoms with Crippen molar-refractivity contribution >= 4 is 29.5 Å². The quantitative estimate of drug-likeness (QED) is 0.332. The van der Waals surface area contributed by atoms with Crippen LogP contribution in [0.15, 0.2) is 39.9 Å². The lowest BCUT2D eigenvalue weighted by Gasteiger charge is -2.10. The summed E-state index contributed by atoms with van der Waals surface area (Å²) in [5, 5.41) is 3.95. The van der Waals surface area contributed by atoms with Gasteiger partial charge in [-0.15, -0.1) is 0 Å². The van der Waals surface area contributed by atoms with Crippen LogP contribution in [0.4, 0.5) is 0 Å². The molecular weight excluding hydrogens is 346 g/mol. The van der Waals surface area contributed by atoms with Gasteiger partial charge in [-0.25, -0.2) is 4.79 Å². The van der Waals surface area contributed by atoms with Gasteiger partial charge in [-0.3, -0.25) is 5.43 Å². The van der Waals surface area contributed by atoms with Gasteiger partial charge in [-0.1, -0.05) is 0 Å². The van der Waals surface area contributed by atoms with Crippen molar-refractivity contribution in [2.45, 2.75) is 6.61 Å². The fourth-order valence-corrected chi connectivity index (χ4v) is 1.92. The summed E-state index contributed by atoms with van der Waals surface area (Å²) in [5.41, 5.74) is 8.51. The molecule has 25 heavy (non-hydrogen) atoms. The predicted molar refractivity (Wildman–Crippen MR) is 94.9 cm³/mol. The number of carbonyl (C=O) groups excluding carboxylic acids is 1. The van der Waals surface area contributed by atoms with E-state index >= 15 is 0 Å². The lowest BCUT2D eigenvalue weighted by molar-refractivity contribution is 0.0561. The van der Waals surface area contributed by atoms with E-state index in [1.807, 2.05) is 0 Å². The molecule has 0 aliphatic heterocycles. The number of nitrogens with two attached hydrogens (primary N) is 1. The number of furan rings is 1. The van der Waals surface area contributed by atoms with Gasteiger partial charge in [-0.2, -0.15) is 5.10 Å². The van der Waals surface area contributed by atoms with Crippen LogP contribution in [0.25, 0.3) is 0 Å². The Morgan fingerprint density at radius 2 is 2.12 bits per heavy atom. The van der Waals surface area contributed by atoms with E-state index in [2.05, 4.69) is 27.5 Å². The van der Waals surface area contributed by atoms with Crippen LogP contribution < -0.4 is 20.6 Å². The highest BCUT2D eigenvalue weighted by molar-refractivity contribution is 7.80. The highest BCUT2D eigenvalue weighted by Crippen LogP contribution is 2.28. The molecule has 132 valence electrons. The van der Waals surface area contributed by atoms with Crippen LogP contribution in [0.5, 0.6) is 11.5 Å². The standard InChI is InChI=1S/C16H17N3O5S/c1-21-14-7-10(8-18-19-16(17)25)3-5-12(14)23-9-11-4-6-13(24-11)15(20)22-2/h3-8H,9H2,1-2H3,(H3,17,19,25)/b18-8+. The SMILES string of the molecule is COC(=O)c1ccc(COc2ccc(/C=N/NC(N)=S)cc2OC)o1. The van der Waals surface area contributed by atoms with Crippen LogP contribution >= 0.6 is 12.2 Å². The van der Waals surface area contributed by atoms with Crippen LogP contribution in [0, 0.1) is 0 Å². The molecule has 0 aliphatic rings. The van der Waals surface area contributed by atoms with E-state index in [1.165, 1.54) is 20.3 Å². The molecule has 0 aliphatic carbocycles. The van der Waals surface area contributed by atoms with Gasteiger partial charge >= 0.3 is 5.97 Å². The summed E-state index contributed by atoms with van der Waals surface area (Å²) in [6.07, 6.45) is 1.54. The Morgan fingerprint density at radius 3 is 2.80 bits per heavy atom. The average molecular weight is 363 g/mol. The maximum atomic E-state index is 11.4. The normalized spacial score (nSPS) is 10.5. The molecule has 0 saturated heterocycles. The van der Waals surface area contributed by atoms with Crippen molar-refractivity contribution in [3.05, 3.63) is 47.4 Å². The van der Waals surface area contributed by atoms with E-state index < -0.39 is 5.97 Å². The van der Waals surface area contributed by atoms with Crippen molar-refractivity contribution in [3.8, 4) is 11.5 Å². The number of carbonyl (C=O) groups is 1. The average Bonchev–Trinajstić information content (AvgIpc) is 3.08. The van der Waals surface area contributed by atoms with E-state index in [4.69, 9.17) is 19.6 Å². The highest BCUT2D eigenvalue weighted by Gasteiger charge is 2.12. The Morgan fingerprint density at radius 1 is 1.32 bits per heavy atom. The van der Waals surface area contributed by atoms with Crippen LogP contribution in [0.3, 0.4) is 0 Å². The number of nitrogens with zero attached hydrogens (tertiary/aromatic N) is 1. The summed E-state index contributed by atoms with van der Waals surface area (Å²) in [6.45, 7) is 0.129. The van der Waals surface area contributed by atoms with Crippen molar-refractivity contribution in [2.24, 2.45) is 10.8 Å². The first-order valence-electron chi connectivity index (χ1n) is 7.10. The number of rotatable bonds is 7. The number of nitrogens with one attached hydrogen (secondary N) is 1. The van der Waals surface area contributed by atoms with Gasteiger partial charge in [0.05, 0.1) is 20.4 Å². The predicted octanol–water partition coefficient (Wildman–Crippen LogP) is 1.82. The maximum Gasteiger partial charge on any atom is 0.373 e. The lowest BCUT2D eigenvalue weighted by atomic mass is 10.2. The third-order valence-corrected chi connectivity index (χ3v) is 3.09. The third kappa shape index (κ3) is 5.21. The minimum absolute atomic E-state index is 0.0768. The van der Waals surface area contributed by atoms with Gasteiger partial charge in [0, 0.05) is 0 Å². The smallest absolute Gasteiger partial charge is 0.373 e. The fourth-order valence-electron chi connectivity index (χ4n) is 1.87. The molecule has 2 rings (SSSR count). The molecular formula is C16H17N3O5S. The number of hydrazone groups is 1. The van der Waals surface area contributed by atoms with Crippen molar-refractivity contribution < 1.29 is 23.4 Å². The van der Waals surface area contributed by atoms with Crippen molar-refractivity contribution in [1.29, 1.82) is 0 Å². The number of methoxy groups -OCH3 is 2. The Balaban J connectivity index is 2.04. The largest absolute Gasteiger partial charge is 0.493 e. The van der Waals surface area contributed by atoms with E-state index in [9.17, 15) is 4.79 Å². The van der Waals surface area contributed by atoms with Crippen molar-refractivity contribution in [3.63, 3.8) is 0 Å². The molecule has 1 aromatic heterocycles. The number of hydrogen-bond donors (Lipinski definition) is 2. The lowest BCUT2D eigenvalue weighted by Crippen LogP contribution is -2.23. The van der Waals surface area contributed by atoms with E-state index in [0.29, 0.717) is 17.3 Å². The minimum Gasteiger partial charge on any atom is -0.493 e. The molecule has 1 heterocycles. The first-order chi connectivity index (χ1) is 12.0. The summed E-state index contributed by atoms with van der Waals surface area (Å²) in [7, 11) is 2.81. The van der Waals surface area contributed by atoms with Gasteiger partial charge in [0.2, 0.25) is 5.76 Å². The van der Waals surface area contributed by atoms with Crippen LogP contribution in [0.2, 0.25) is 0 Å².